The summed E-state index contributed by atoms with van der Waals surface area (Å²) in [5, 5.41) is 15.5. The third-order valence-corrected chi connectivity index (χ3v) is 5.69. The summed E-state index contributed by atoms with van der Waals surface area (Å²) >= 11 is 0. The third kappa shape index (κ3) is 4.23. The summed E-state index contributed by atoms with van der Waals surface area (Å²) in [6.45, 7) is 3.81. The molecule has 0 spiro atoms. The van der Waals surface area contributed by atoms with Gasteiger partial charge in [0.15, 0.2) is 11.6 Å². The van der Waals surface area contributed by atoms with Gasteiger partial charge in [-0.1, -0.05) is 44.2 Å². The number of Topliss-reactive ketones (excluding diaryl/α,β-unsaturated/α-hetero) is 2. The average molecular weight is 425 g/mol. The fourth-order valence-corrected chi connectivity index (χ4v) is 4.49. The molecule has 1 amide bonds. The number of carboxylic acid groups (broad SMARTS) is 1. The van der Waals surface area contributed by atoms with Crippen molar-refractivity contribution in [1.29, 1.82) is 0 Å². The second kappa shape index (κ2) is 8.37. The van der Waals surface area contributed by atoms with E-state index in [2.05, 4.69) is 10.6 Å². The molecule has 0 radical (unpaired) electrons. The molecule has 0 fully saturated rings. The van der Waals surface area contributed by atoms with Gasteiger partial charge in [0.25, 0.3) is 0 Å². The zero-order chi connectivity index (χ0) is 22.8. The Hall–Kier alpha value is -3.42. The Morgan fingerprint density at radius 2 is 1.74 bits per heavy atom. The zero-order valence-electron chi connectivity index (χ0n) is 17.6. The van der Waals surface area contributed by atoms with Crippen molar-refractivity contribution in [3.05, 3.63) is 59.4 Å². The maximum absolute atomic E-state index is 13.7. The first kappa shape index (κ1) is 22.3. The predicted octanol–water partition coefficient (Wildman–Crippen LogP) is 1.22. The molecule has 1 aromatic rings. The highest BCUT2D eigenvalue weighted by Crippen LogP contribution is 2.39. The van der Waals surface area contributed by atoms with Gasteiger partial charge in [-0.2, -0.15) is 0 Å². The van der Waals surface area contributed by atoms with Gasteiger partial charge in [0, 0.05) is 30.0 Å². The van der Waals surface area contributed by atoms with Crippen LogP contribution in [0.5, 0.6) is 0 Å². The lowest BCUT2D eigenvalue weighted by molar-refractivity contribution is -0.141. The number of carbonyl (C=O) groups is 4. The van der Waals surface area contributed by atoms with Gasteiger partial charge < -0.3 is 21.5 Å². The molecule has 2 aliphatic heterocycles. The van der Waals surface area contributed by atoms with E-state index in [-0.39, 0.29) is 29.9 Å². The first-order valence-corrected chi connectivity index (χ1v) is 10.2. The van der Waals surface area contributed by atoms with Gasteiger partial charge in [-0.3, -0.25) is 19.2 Å². The molecule has 0 aromatic heterocycles. The second-order valence-electron chi connectivity index (χ2n) is 8.64. The van der Waals surface area contributed by atoms with Crippen LogP contribution >= 0.6 is 0 Å². The molecule has 5 N–H and O–H groups in total. The average Bonchev–Trinajstić information content (AvgIpc) is 3.14. The number of amides is 1. The van der Waals surface area contributed by atoms with E-state index < -0.39 is 40.9 Å². The summed E-state index contributed by atoms with van der Waals surface area (Å²) in [5.74, 6) is -2.54. The number of primary amides is 1. The van der Waals surface area contributed by atoms with Crippen LogP contribution in [0, 0.1) is 5.92 Å². The van der Waals surface area contributed by atoms with E-state index in [1.165, 1.54) is 12.4 Å². The number of hydrogen-bond acceptors (Lipinski definition) is 6. The minimum Gasteiger partial charge on any atom is -0.481 e. The molecule has 0 saturated carbocycles. The van der Waals surface area contributed by atoms with Gasteiger partial charge in [-0.25, -0.2) is 0 Å². The smallest absolute Gasteiger partial charge is 0.306 e. The van der Waals surface area contributed by atoms with Crippen LogP contribution in [0.25, 0.3) is 0 Å². The van der Waals surface area contributed by atoms with Gasteiger partial charge in [0.2, 0.25) is 5.91 Å². The van der Waals surface area contributed by atoms with E-state index in [4.69, 9.17) is 5.73 Å². The standard InChI is InChI=1S/C23H27N3O5/c1-14(2)9-22(11-19(28)29)21(31)17(13-25-22)23(10-15-6-4-3-5-7-15)20(30)16(12-26-23)8-18(24)27/h3-7,12-14,25-26H,8-11H2,1-2H3,(H2,24,27)(H,28,29). The van der Waals surface area contributed by atoms with Crippen molar-refractivity contribution in [2.45, 2.75) is 50.6 Å². The lowest BCUT2D eigenvalue weighted by Crippen LogP contribution is -2.55. The molecule has 8 nitrogen and oxygen atoms in total. The van der Waals surface area contributed by atoms with Gasteiger partial charge in [-0.15, -0.1) is 0 Å². The molecule has 2 atom stereocenters. The number of benzene rings is 1. The summed E-state index contributed by atoms with van der Waals surface area (Å²) < 4.78 is 0. The van der Waals surface area contributed by atoms with Crippen molar-refractivity contribution in [1.82, 2.24) is 10.6 Å². The van der Waals surface area contributed by atoms with Crippen LogP contribution in [0.4, 0.5) is 0 Å². The van der Waals surface area contributed by atoms with Gasteiger partial charge in [0.1, 0.15) is 11.1 Å². The van der Waals surface area contributed by atoms with Crippen LogP contribution in [0.2, 0.25) is 0 Å². The minimum absolute atomic E-state index is 0.0457. The van der Waals surface area contributed by atoms with Crippen LogP contribution in [-0.4, -0.2) is 39.6 Å². The molecule has 164 valence electrons. The monoisotopic (exact) mass is 425 g/mol. The molecule has 1 aromatic carbocycles. The number of aliphatic carboxylic acids is 1. The Bertz CT molecular complexity index is 982. The van der Waals surface area contributed by atoms with Gasteiger partial charge >= 0.3 is 5.97 Å². The van der Waals surface area contributed by atoms with Crippen LogP contribution in [0.15, 0.2) is 53.9 Å². The molecule has 2 aliphatic rings. The Balaban J connectivity index is 2.03. The highest BCUT2D eigenvalue weighted by molar-refractivity contribution is 6.19. The fourth-order valence-electron chi connectivity index (χ4n) is 4.49. The SMILES string of the molecule is CC(C)CC1(CC(=O)O)NC=C(C2(Cc3ccccc3)NC=C(CC(N)=O)C2=O)C1=O. The summed E-state index contributed by atoms with van der Waals surface area (Å²) in [4.78, 5) is 50.1. The van der Waals surface area contributed by atoms with Crippen molar-refractivity contribution in [2.24, 2.45) is 11.7 Å². The Labute approximate surface area is 180 Å². The van der Waals surface area contributed by atoms with Gasteiger partial charge in [0.05, 0.1) is 12.8 Å². The second-order valence-corrected chi connectivity index (χ2v) is 8.64. The quantitative estimate of drug-likeness (QED) is 0.466. The summed E-state index contributed by atoms with van der Waals surface area (Å²) in [5.41, 5.74) is 3.69. The summed E-state index contributed by atoms with van der Waals surface area (Å²) in [6, 6.07) is 9.19. The van der Waals surface area contributed by atoms with E-state index in [0.717, 1.165) is 5.56 Å². The number of ketones is 2. The lowest BCUT2D eigenvalue weighted by atomic mass is 9.73. The number of rotatable bonds is 9. The molecule has 3 rings (SSSR count). The number of carbonyl (C=O) groups excluding carboxylic acids is 3. The molecular formula is C23H27N3O5. The Morgan fingerprint density at radius 1 is 1.06 bits per heavy atom. The summed E-state index contributed by atoms with van der Waals surface area (Å²) in [7, 11) is 0. The first-order valence-electron chi connectivity index (χ1n) is 10.2. The largest absolute Gasteiger partial charge is 0.481 e. The molecule has 0 aliphatic carbocycles. The van der Waals surface area contributed by atoms with Crippen molar-refractivity contribution < 1.29 is 24.3 Å². The number of nitrogens with one attached hydrogen (secondary N) is 2. The van der Waals surface area contributed by atoms with Crippen LogP contribution in [0.1, 0.15) is 38.7 Å². The zero-order valence-corrected chi connectivity index (χ0v) is 17.6. The number of nitrogens with two attached hydrogens (primary N) is 1. The van der Waals surface area contributed by atoms with E-state index in [9.17, 15) is 24.3 Å². The first-order chi connectivity index (χ1) is 14.6. The maximum Gasteiger partial charge on any atom is 0.306 e. The lowest BCUT2D eigenvalue weighted by Gasteiger charge is -2.33. The van der Waals surface area contributed by atoms with Crippen molar-refractivity contribution >= 4 is 23.4 Å². The molecular weight excluding hydrogens is 398 g/mol. The number of carboxylic acids is 1. The molecule has 2 unspecified atom stereocenters. The molecule has 0 saturated heterocycles. The molecule has 0 bridgehead atoms. The number of hydrogen-bond donors (Lipinski definition) is 4. The fraction of sp³-hybridized carbons (Fsp3) is 0.391. The van der Waals surface area contributed by atoms with Crippen LogP contribution in [-0.2, 0) is 25.6 Å². The molecule has 2 heterocycles. The van der Waals surface area contributed by atoms with Crippen molar-refractivity contribution in [2.75, 3.05) is 0 Å². The topological polar surface area (TPSA) is 139 Å². The van der Waals surface area contributed by atoms with E-state index >= 15 is 0 Å². The Kier molecular flexibility index (Phi) is 6.01. The maximum atomic E-state index is 13.7. The third-order valence-electron chi connectivity index (χ3n) is 5.69. The Morgan fingerprint density at radius 3 is 2.32 bits per heavy atom. The van der Waals surface area contributed by atoms with E-state index in [1.807, 2.05) is 44.2 Å². The van der Waals surface area contributed by atoms with Crippen molar-refractivity contribution in [3.63, 3.8) is 0 Å². The normalized spacial score (nSPS) is 25.1. The van der Waals surface area contributed by atoms with E-state index in [1.54, 1.807) is 0 Å². The minimum atomic E-state index is -1.44. The predicted molar refractivity (Wildman–Crippen MR) is 114 cm³/mol. The van der Waals surface area contributed by atoms with Crippen LogP contribution in [0.3, 0.4) is 0 Å². The molecule has 8 heteroatoms. The van der Waals surface area contributed by atoms with Crippen LogP contribution < -0.4 is 16.4 Å². The highest BCUT2D eigenvalue weighted by atomic mass is 16.4. The highest BCUT2D eigenvalue weighted by Gasteiger charge is 2.56. The van der Waals surface area contributed by atoms with Gasteiger partial charge in [-0.05, 0) is 17.9 Å². The van der Waals surface area contributed by atoms with E-state index in [0.29, 0.717) is 6.42 Å². The summed E-state index contributed by atoms with van der Waals surface area (Å²) in [6.07, 6.45) is 2.71. The van der Waals surface area contributed by atoms with Crippen molar-refractivity contribution in [3.8, 4) is 0 Å². The molecule has 31 heavy (non-hydrogen) atoms.